The van der Waals surface area contributed by atoms with E-state index in [1.54, 1.807) is 0 Å². The number of nitrogens with zero attached hydrogens (tertiary/aromatic N) is 2. The first kappa shape index (κ1) is 15.3. The van der Waals surface area contributed by atoms with Crippen LogP contribution in [0.15, 0.2) is 34.9 Å². The van der Waals surface area contributed by atoms with E-state index in [-0.39, 0.29) is 12.4 Å². The van der Waals surface area contributed by atoms with Gasteiger partial charge in [0.05, 0.1) is 0 Å². The molecule has 0 aliphatic rings. The predicted octanol–water partition coefficient (Wildman–Crippen LogP) is 2.80. The molecule has 0 fully saturated rings. The van der Waals surface area contributed by atoms with Gasteiger partial charge in [-0.1, -0.05) is 23.4 Å². The first-order valence-corrected chi connectivity index (χ1v) is 6.28. The summed E-state index contributed by atoms with van der Waals surface area (Å²) < 4.78 is 45.1. The Bertz CT molecular complexity index is 543. The van der Waals surface area contributed by atoms with Gasteiger partial charge < -0.3 is 14.6 Å². The van der Waals surface area contributed by atoms with Crippen LogP contribution in [0.3, 0.4) is 0 Å². The van der Waals surface area contributed by atoms with Crippen LogP contribution in [0.2, 0.25) is 0 Å². The van der Waals surface area contributed by atoms with E-state index < -0.39 is 12.8 Å². The summed E-state index contributed by atoms with van der Waals surface area (Å²) >= 11 is 0. The van der Waals surface area contributed by atoms with Gasteiger partial charge in [-0.3, -0.25) is 0 Å². The standard InChI is InChI=1S/C13H14F3N3O2/c14-13(15,16)9-20-8-11-18-12(21-19-11)6-7-17-10-4-2-1-3-5-10/h1-5,17H,6-9H2. The second kappa shape index (κ2) is 7.07. The molecule has 114 valence electrons. The van der Waals surface area contributed by atoms with E-state index in [4.69, 9.17) is 4.52 Å². The second-order valence-electron chi connectivity index (χ2n) is 4.26. The van der Waals surface area contributed by atoms with Crippen molar-refractivity contribution in [2.24, 2.45) is 0 Å². The summed E-state index contributed by atoms with van der Waals surface area (Å²) in [4.78, 5) is 3.95. The Morgan fingerprint density at radius 2 is 1.95 bits per heavy atom. The number of hydrogen-bond donors (Lipinski definition) is 1. The van der Waals surface area contributed by atoms with Crippen molar-refractivity contribution in [1.29, 1.82) is 0 Å². The molecule has 0 saturated heterocycles. The van der Waals surface area contributed by atoms with Crippen LogP contribution in [0.1, 0.15) is 11.7 Å². The molecule has 1 N–H and O–H groups in total. The van der Waals surface area contributed by atoms with Crippen LogP contribution in [0.5, 0.6) is 0 Å². The first-order valence-electron chi connectivity index (χ1n) is 6.28. The number of anilines is 1. The van der Waals surface area contributed by atoms with E-state index >= 15 is 0 Å². The zero-order valence-electron chi connectivity index (χ0n) is 11.1. The maximum Gasteiger partial charge on any atom is 0.411 e. The largest absolute Gasteiger partial charge is 0.411 e. The van der Waals surface area contributed by atoms with Crippen LogP contribution in [0.4, 0.5) is 18.9 Å². The Morgan fingerprint density at radius 3 is 2.67 bits per heavy atom. The number of alkyl halides is 3. The SMILES string of the molecule is FC(F)(F)COCc1noc(CCNc2ccccc2)n1. The summed E-state index contributed by atoms with van der Waals surface area (Å²) in [7, 11) is 0. The highest BCUT2D eigenvalue weighted by Gasteiger charge is 2.27. The molecule has 1 aromatic carbocycles. The number of para-hydroxylation sites is 1. The van der Waals surface area contributed by atoms with E-state index in [0.29, 0.717) is 18.9 Å². The van der Waals surface area contributed by atoms with Crippen molar-refractivity contribution >= 4 is 5.69 Å². The normalized spacial score (nSPS) is 11.6. The maximum absolute atomic E-state index is 11.9. The zero-order valence-corrected chi connectivity index (χ0v) is 11.1. The number of benzene rings is 1. The smallest absolute Gasteiger partial charge is 0.385 e. The molecule has 1 heterocycles. The Morgan fingerprint density at radius 1 is 1.19 bits per heavy atom. The molecule has 21 heavy (non-hydrogen) atoms. The van der Waals surface area contributed by atoms with E-state index in [9.17, 15) is 13.2 Å². The Hall–Kier alpha value is -2.09. The highest BCUT2D eigenvalue weighted by atomic mass is 19.4. The lowest BCUT2D eigenvalue weighted by Gasteiger charge is -2.04. The quantitative estimate of drug-likeness (QED) is 0.852. The minimum Gasteiger partial charge on any atom is -0.385 e. The van der Waals surface area contributed by atoms with Gasteiger partial charge in [0.15, 0.2) is 5.82 Å². The number of nitrogens with one attached hydrogen (secondary N) is 1. The number of rotatable bonds is 7. The van der Waals surface area contributed by atoms with E-state index in [1.807, 2.05) is 30.3 Å². The fourth-order valence-electron chi connectivity index (χ4n) is 1.58. The van der Waals surface area contributed by atoms with Crippen LogP contribution in [0.25, 0.3) is 0 Å². The van der Waals surface area contributed by atoms with Gasteiger partial charge in [0.25, 0.3) is 0 Å². The van der Waals surface area contributed by atoms with Crippen molar-refractivity contribution < 1.29 is 22.4 Å². The van der Waals surface area contributed by atoms with Crippen LogP contribution >= 0.6 is 0 Å². The number of halogens is 3. The predicted molar refractivity (Wildman–Crippen MR) is 68.6 cm³/mol. The third-order valence-corrected chi connectivity index (χ3v) is 2.45. The lowest BCUT2D eigenvalue weighted by Crippen LogP contribution is -2.17. The van der Waals surface area contributed by atoms with Gasteiger partial charge in [0.2, 0.25) is 5.89 Å². The van der Waals surface area contributed by atoms with Gasteiger partial charge in [-0.05, 0) is 12.1 Å². The molecular formula is C13H14F3N3O2. The van der Waals surface area contributed by atoms with E-state index in [0.717, 1.165) is 5.69 Å². The summed E-state index contributed by atoms with van der Waals surface area (Å²) in [5.41, 5.74) is 0.964. The van der Waals surface area contributed by atoms with Gasteiger partial charge >= 0.3 is 6.18 Å². The molecule has 0 unspecified atom stereocenters. The molecule has 5 nitrogen and oxygen atoms in total. The summed E-state index contributed by atoms with van der Waals surface area (Å²) in [5, 5.41) is 6.71. The molecule has 0 atom stereocenters. The van der Waals surface area contributed by atoms with Crippen molar-refractivity contribution in [3.63, 3.8) is 0 Å². The zero-order chi connectivity index (χ0) is 15.1. The Labute approximate surface area is 119 Å². The lowest BCUT2D eigenvalue weighted by molar-refractivity contribution is -0.177. The third-order valence-electron chi connectivity index (χ3n) is 2.45. The van der Waals surface area contributed by atoms with Gasteiger partial charge in [0.1, 0.15) is 13.2 Å². The number of ether oxygens (including phenoxy) is 1. The highest BCUT2D eigenvalue weighted by molar-refractivity contribution is 5.42. The molecule has 8 heteroatoms. The van der Waals surface area contributed by atoms with Crippen LogP contribution < -0.4 is 5.32 Å². The van der Waals surface area contributed by atoms with Crippen molar-refractivity contribution in [1.82, 2.24) is 10.1 Å². The molecule has 0 amide bonds. The van der Waals surface area contributed by atoms with Crippen molar-refractivity contribution in [3.8, 4) is 0 Å². The second-order valence-corrected chi connectivity index (χ2v) is 4.26. The average molecular weight is 301 g/mol. The van der Waals surface area contributed by atoms with Crippen molar-refractivity contribution in [3.05, 3.63) is 42.0 Å². The summed E-state index contributed by atoms with van der Waals surface area (Å²) in [6.07, 6.45) is -3.88. The van der Waals surface area contributed by atoms with Crippen molar-refractivity contribution in [2.45, 2.75) is 19.2 Å². The molecule has 0 radical (unpaired) electrons. The van der Waals surface area contributed by atoms with E-state index in [2.05, 4.69) is 20.2 Å². The van der Waals surface area contributed by atoms with Gasteiger partial charge in [-0.25, -0.2) is 0 Å². The number of aromatic nitrogens is 2. The summed E-state index contributed by atoms with van der Waals surface area (Å²) in [5.74, 6) is 0.456. The summed E-state index contributed by atoms with van der Waals surface area (Å²) in [6.45, 7) is -1.07. The van der Waals surface area contributed by atoms with Crippen LogP contribution in [-0.2, 0) is 17.8 Å². The molecule has 2 aromatic rings. The third kappa shape index (κ3) is 5.82. The van der Waals surface area contributed by atoms with Crippen molar-refractivity contribution in [2.75, 3.05) is 18.5 Å². The lowest BCUT2D eigenvalue weighted by atomic mass is 10.3. The topological polar surface area (TPSA) is 60.2 Å². The van der Waals surface area contributed by atoms with Gasteiger partial charge in [0, 0.05) is 18.7 Å². The van der Waals surface area contributed by atoms with E-state index in [1.165, 1.54) is 0 Å². The molecule has 0 aliphatic carbocycles. The highest BCUT2D eigenvalue weighted by Crippen LogP contribution is 2.15. The Balaban J connectivity index is 1.70. The minimum atomic E-state index is -4.35. The van der Waals surface area contributed by atoms with Crippen LogP contribution in [0, 0.1) is 0 Å². The maximum atomic E-state index is 11.9. The molecule has 0 saturated carbocycles. The molecule has 0 bridgehead atoms. The molecule has 0 aliphatic heterocycles. The molecule has 0 spiro atoms. The molecular weight excluding hydrogens is 287 g/mol. The average Bonchev–Trinajstić information content (AvgIpc) is 2.86. The van der Waals surface area contributed by atoms with Crippen LogP contribution in [-0.4, -0.2) is 29.5 Å². The fourth-order valence-corrected chi connectivity index (χ4v) is 1.58. The first-order chi connectivity index (χ1) is 10.0. The minimum absolute atomic E-state index is 0.106. The molecule has 1 aromatic heterocycles. The van der Waals surface area contributed by atoms with Gasteiger partial charge in [-0.2, -0.15) is 18.2 Å². The summed E-state index contributed by atoms with van der Waals surface area (Å²) in [6, 6.07) is 9.57. The monoisotopic (exact) mass is 301 g/mol. The fraction of sp³-hybridized carbons (Fsp3) is 0.385. The Kier molecular flexibility index (Phi) is 5.15. The van der Waals surface area contributed by atoms with Gasteiger partial charge in [-0.15, -0.1) is 0 Å². The molecule has 2 rings (SSSR count). The number of hydrogen-bond acceptors (Lipinski definition) is 5.